The van der Waals surface area contributed by atoms with Crippen molar-refractivity contribution < 1.29 is 18.8 Å². The molecule has 1 aromatic heterocycles. The van der Waals surface area contributed by atoms with E-state index in [1.54, 1.807) is 6.92 Å². The van der Waals surface area contributed by atoms with Gasteiger partial charge in [-0.2, -0.15) is 4.98 Å². The number of carbonyl (C=O) groups excluding carboxylic acids is 1. The molecule has 3 rings (SSSR count). The Labute approximate surface area is 134 Å². The van der Waals surface area contributed by atoms with Gasteiger partial charge in [-0.05, 0) is 31.9 Å². The van der Waals surface area contributed by atoms with Crippen LogP contribution in [0.3, 0.4) is 0 Å². The van der Waals surface area contributed by atoms with Crippen molar-refractivity contribution in [3.63, 3.8) is 0 Å². The van der Waals surface area contributed by atoms with Gasteiger partial charge in [0.15, 0.2) is 5.82 Å². The highest BCUT2D eigenvalue weighted by atomic mass is 16.5. The molecule has 0 saturated heterocycles. The first-order valence-electron chi connectivity index (χ1n) is 7.44. The summed E-state index contributed by atoms with van der Waals surface area (Å²) in [6, 6.07) is 3.89. The molecule has 0 aliphatic carbocycles. The van der Waals surface area contributed by atoms with E-state index in [1.807, 2.05) is 26.0 Å². The molecule has 122 valence electrons. The van der Waals surface area contributed by atoms with E-state index in [9.17, 15) is 4.79 Å². The molecular weight excluding hydrogens is 298 g/mol. The molecule has 1 amide bonds. The second-order valence-electron chi connectivity index (χ2n) is 5.59. The van der Waals surface area contributed by atoms with Gasteiger partial charge in [-0.1, -0.05) is 17.3 Å². The molecule has 2 heterocycles. The molecule has 0 bridgehead atoms. The van der Waals surface area contributed by atoms with Crippen LogP contribution in [0.4, 0.5) is 0 Å². The first-order valence-corrected chi connectivity index (χ1v) is 7.44. The van der Waals surface area contributed by atoms with Gasteiger partial charge in [0.2, 0.25) is 5.91 Å². The van der Waals surface area contributed by atoms with Crippen LogP contribution in [0.2, 0.25) is 0 Å². The van der Waals surface area contributed by atoms with E-state index in [2.05, 4.69) is 15.5 Å². The average Bonchev–Trinajstić information content (AvgIpc) is 3.10. The first-order chi connectivity index (χ1) is 11.0. The van der Waals surface area contributed by atoms with Crippen LogP contribution in [0.1, 0.15) is 34.4 Å². The topological polar surface area (TPSA) is 86.5 Å². The van der Waals surface area contributed by atoms with E-state index in [-0.39, 0.29) is 25.2 Å². The van der Waals surface area contributed by atoms with E-state index < -0.39 is 0 Å². The Morgan fingerprint density at radius 3 is 2.96 bits per heavy atom. The number of amides is 1. The zero-order valence-electron chi connectivity index (χ0n) is 13.4. The standard InChI is InChI=1S/C16H19N3O4/c1-9-4-5-12-13(6-22-16(12)10(9)2)18-14(20)7-21-8-15-17-11(3)19-23-15/h4-5,13H,6-8H2,1-3H3,(H,18,20)/t13-/m1/s1. The molecule has 0 fully saturated rings. The van der Waals surface area contributed by atoms with E-state index in [1.165, 1.54) is 5.56 Å². The number of carbonyl (C=O) groups is 1. The summed E-state index contributed by atoms with van der Waals surface area (Å²) < 4.78 is 15.9. The maximum absolute atomic E-state index is 12.0. The highest BCUT2D eigenvalue weighted by Crippen LogP contribution is 2.36. The van der Waals surface area contributed by atoms with Gasteiger partial charge >= 0.3 is 0 Å². The Morgan fingerprint density at radius 2 is 2.22 bits per heavy atom. The summed E-state index contributed by atoms with van der Waals surface area (Å²) in [5.74, 6) is 1.56. The van der Waals surface area contributed by atoms with Crippen molar-refractivity contribution in [1.82, 2.24) is 15.5 Å². The minimum absolute atomic E-state index is 0.0713. The lowest BCUT2D eigenvalue weighted by atomic mass is 10.0. The third-order valence-electron chi connectivity index (χ3n) is 3.84. The highest BCUT2D eigenvalue weighted by Gasteiger charge is 2.27. The second-order valence-corrected chi connectivity index (χ2v) is 5.59. The van der Waals surface area contributed by atoms with E-state index >= 15 is 0 Å². The zero-order chi connectivity index (χ0) is 16.4. The Morgan fingerprint density at radius 1 is 1.39 bits per heavy atom. The minimum atomic E-state index is -0.207. The molecule has 7 heteroatoms. The van der Waals surface area contributed by atoms with Crippen LogP contribution in [0.25, 0.3) is 0 Å². The normalized spacial score (nSPS) is 16.0. The van der Waals surface area contributed by atoms with Gasteiger partial charge in [-0.15, -0.1) is 0 Å². The number of aromatic nitrogens is 2. The van der Waals surface area contributed by atoms with E-state index in [4.69, 9.17) is 14.0 Å². The average molecular weight is 317 g/mol. The smallest absolute Gasteiger partial charge is 0.252 e. The summed E-state index contributed by atoms with van der Waals surface area (Å²) in [4.78, 5) is 16.0. The van der Waals surface area contributed by atoms with Crippen LogP contribution < -0.4 is 10.1 Å². The largest absolute Gasteiger partial charge is 0.490 e. The number of nitrogens with one attached hydrogen (secondary N) is 1. The van der Waals surface area contributed by atoms with Crippen LogP contribution in [-0.4, -0.2) is 29.3 Å². The highest BCUT2D eigenvalue weighted by molar-refractivity contribution is 5.78. The molecule has 23 heavy (non-hydrogen) atoms. The lowest BCUT2D eigenvalue weighted by Gasteiger charge is -2.12. The van der Waals surface area contributed by atoms with Crippen molar-refractivity contribution in [2.24, 2.45) is 0 Å². The predicted octanol–water partition coefficient (Wildman–Crippen LogP) is 1.76. The van der Waals surface area contributed by atoms with Crippen molar-refractivity contribution in [1.29, 1.82) is 0 Å². The fourth-order valence-corrected chi connectivity index (χ4v) is 2.52. The number of fused-ring (bicyclic) bond motifs is 1. The molecule has 0 radical (unpaired) electrons. The maximum atomic E-state index is 12.0. The van der Waals surface area contributed by atoms with Crippen LogP contribution >= 0.6 is 0 Å². The Bertz CT molecular complexity index is 726. The molecule has 1 aliphatic heterocycles. The Balaban J connectivity index is 1.53. The molecule has 2 aromatic rings. The van der Waals surface area contributed by atoms with E-state index in [0.717, 1.165) is 16.9 Å². The van der Waals surface area contributed by atoms with Crippen LogP contribution in [0, 0.1) is 20.8 Å². The lowest BCUT2D eigenvalue weighted by Crippen LogP contribution is -2.32. The number of benzene rings is 1. The Hall–Kier alpha value is -2.41. The van der Waals surface area contributed by atoms with Gasteiger partial charge in [0.25, 0.3) is 5.89 Å². The minimum Gasteiger partial charge on any atom is -0.490 e. The summed E-state index contributed by atoms with van der Waals surface area (Å²) in [5, 5.41) is 6.57. The summed E-state index contributed by atoms with van der Waals surface area (Å²) in [6.45, 7) is 6.27. The Kier molecular flexibility index (Phi) is 4.29. The van der Waals surface area contributed by atoms with Gasteiger partial charge in [-0.3, -0.25) is 4.79 Å². The molecular formula is C16H19N3O4. The number of hydrogen-bond acceptors (Lipinski definition) is 6. The number of rotatable bonds is 5. The zero-order valence-corrected chi connectivity index (χ0v) is 13.4. The molecule has 0 spiro atoms. The fourth-order valence-electron chi connectivity index (χ4n) is 2.52. The molecule has 1 aliphatic rings. The summed E-state index contributed by atoms with van der Waals surface area (Å²) >= 11 is 0. The number of nitrogens with zero attached hydrogens (tertiary/aromatic N) is 2. The number of ether oxygens (including phenoxy) is 2. The SMILES string of the molecule is Cc1noc(COCC(=O)N[C@@H]2COc3c2ccc(C)c3C)n1. The van der Waals surface area contributed by atoms with Crippen molar-refractivity contribution in [3.05, 3.63) is 40.5 Å². The lowest BCUT2D eigenvalue weighted by molar-refractivity contribution is -0.127. The summed E-state index contributed by atoms with van der Waals surface area (Å²) in [6.07, 6.45) is 0. The summed E-state index contributed by atoms with van der Waals surface area (Å²) in [7, 11) is 0. The third kappa shape index (κ3) is 3.34. The van der Waals surface area contributed by atoms with Gasteiger partial charge in [0.1, 0.15) is 25.6 Å². The van der Waals surface area contributed by atoms with Gasteiger partial charge in [-0.25, -0.2) is 0 Å². The summed E-state index contributed by atoms with van der Waals surface area (Å²) in [5.41, 5.74) is 3.30. The predicted molar refractivity (Wildman–Crippen MR) is 81.0 cm³/mol. The molecule has 0 unspecified atom stereocenters. The first kappa shape index (κ1) is 15.5. The molecule has 1 atom stereocenters. The van der Waals surface area contributed by atoms with Crippen molar-refractivity contribution in [2.75, 3.05) is 13.2 Å². The van der Waals surface area contributed by atoms with Crippen LogP contribution in [-0.2, 0) is 16.1 Å². The third-order valence-corrected chi connectivity index (χ3v) is 3.84. The maximum Gasteiger partial charge on any atom is 0.252 e. The number of hydrogen-bond donors (Lipinski definition) is 1. The monoisotopic (exact) mass is 317 g/mol. The van der Waals surface area contributed by atoms with Gasteiger partial charge < -0.3 is 19.3 Å². The van der Waals surface area contributed by atoms with E-state index in [0.29, 0.717) is 18.3 Å². The number of aryl methyl sites for hydroxylation is 2. The molecule has 1 aromatic carbocycles. The van der Waals surface area contributed by atoms with Crippen LogP contribution in [0.15, 0.2) is 16.7 Å². The molecule has 0 saturated carbocycles. The second kappa shape index (κ2) is 6.37. The molecule has 1 N–H and O–H groups in total. The molecule has 7 nitrogen and oxygen atoms in total. The van der Waals surface area contributed by atoms with Crippen molar-refractivity contribution in [3.8, 4) is 5.75 Å². The van der Waals surface area contributed by atoms with Crippen molar-refractivity contribution >= 4 is 5.91 Å². The van der Waals surface area contributed by atoms with Crippen LogP contribution in [0.5, 0.6) is 5.75 Å². The van der Waals surface area contributed by atoms with Gasteiger partial charge in [0.05, 0.1) is 6.04 Å². The van der Waals surface area contributed by atoms with Crippen molar-refractivity contribution in [2.45, 2.75) is 33.4 Å². The fraction of sp³-hybridized carbons (Fsp3) is 0.438. The quantitative estimate of drug-likeness (QED) is 0.904. The van der Waals surface area contributed by atoms with Gasteiger partial charge in [0, 0.05) is 5.56 Å².